The molecular weight excluding hydrogens is 331 g/mol. The van der Waals surface area contributed by atoms with Gasteiger partial charge in [-0.2, -0.15) is 0 Å². The van der Waals surface area contributed by atoms with E-state index >= 15 is 0 Å². The Labute approximate surface area is 147 Å². The van der Waals surface area contributed by atoms with Gasteiger partial charge in [-0.25, -0.2) is 0 Å². The normalized spacial score (nSPS) is 10.6. The molecule has 0 aliphatic heterocycles. The van der Waals surface area contributed by atoms with E-state index in [0.29, 0.717) is 35.2 Å². The zero-order valence-electron chi connectivity index (χ0n) is 13.0. The first kappa shape index (κ1) is 17.8. The summed E-state index contributed by atoms with van der Waals surface area (Å²) in [7, 11) is 0. The van der Waals surface area contributed by atoms with Crippen LogP contribution in [0, 0.1) is 0 Å². The number of rotatable bonds is 7. The van der Waals surface area contributed by atoms with Crippen LogP contribution in [0.25, 0.3) is 0 Å². The molecule has 0 fully saturated rings. The molecule has 5 heteroatoms. The fraction of sp³-hybridized carbons (Fsp3) is 0.278. The van der Waals surface area contributed by atoms with Crippen LogP contribution in [0.4, 0.5) is 0 Å². The van der Waals surface area contributed by atoms with Gasteiger partial charge in [0.1, 0.15) is 0 Å². The average molecular weight is 351 g/mol. The summed E-state index contributed by atoms with van der Waals surface area (Å²) in [6, 6.07) is 13.1. The second kappa shape index (κ2) is 8.92. The van der Waals surface area contributed by atoms with Crippen LogP contribution in [0.15, 0.2) is 42.5 Å². The number of halogens is 2. The maximum Gasteiger partial charge on any atom is 0.251 e. The Morgan fingerprint density at radius 3 is 2.39 bits per heavy atom. The second-order valence-electron chi connectivity index (χ2n) is 5.34. The lowest BCUT2D eigenvalue weighted by Crippen LogP contribution is -2.24. The SMILES string of the molecule is CCCNC(=O)c1cccc(CNCc2cc(Cl)cc(Cl)c2)c1. The summed E-state index contributed by atoms with van der Waals surface area (Å²) in [5, 5.41) is 7.47. The molecule has 0 saturated carbocycles. The molecule has 0 unspecified atom stereocenters. The molecule has 0 atom stereocenters. The molecular formula is C18H20Cl2N2O. The van der Waals surface area contributed by atoms with Crippen LogP contribution in [0.1, 0.15) is 34.8 Å². The number of hydrogen-bond acceptors (Lipinski definition) is 2. The lowest BCUT2D eigenvalue weighted by molar-refractivity contribution is 0.0953. The maximum absolute atomic E-state index is 12.0. The fourth-order valence-electron chi connectivity index (χ4n) is 2.23. The van der Waals surface area contributed by atoms with Crippen LogP contribution < -0.4 is 10.6 Å². The number of carbonyl (C=O) groups is 1. The predicted octanol–water partition coefficient (Wildman–Crippen LogP) is 4.42. The van der Waals surface area contributed by atoms with Crippen molar-refractivity contribution in [2.24, 2.45) is 0 Å². The Bertz CT molecular complexity index is 654. The smallest absolute Gasteiger partial charge is 0.251 e. The molecule has 2 rings (SSSR count). The molecule has 0 heterocycles. The number of amides is 1. The van der Waals surface area contributed by atoms with Crippen molar-refractivity contribution in [3.63, 3.8) is 0 Å². The van der Waals surface area contributed by atoms with Gasteiger partial charge in [-0.1, -0.05) is 42.3 Å². The highest BCUT2D eigenvalue weighted by atomic mass is 35.5. The van der Waals surface area contributed by atoms with Crippen LogP contribution in [0.3, 0.4) is 0 Å². The maximum atomic E-state index is 12.0. The summed E-state index contributed by atoms with van der Waals surface area (Å²) in [6.07, 6.45) is 0.926. The molecule has 0 spiro atoms. The van der Waals surface area contributed by atoms with Crippen LogP contribution in [0.2, 0.25) is 10.0 Å². The molecule has 0 aromatic heterocycles. The van der Waals surface area contributed by atoms with Crippen molar-refractivity contribution >= 4 is 29.1 Å². The number of benzene rings is 2. The summed E-state index contributed by atoms with van der Waals surface area (Å²) in [5.41, 5.74) is 2.77. The first-order valence-corrected chi connectivity index (χ1v) is 8.37. The molecule has 0 bridgehead atoms. The number of carbonyl (C=O) groups excluding carboxylic acids is 1. The third-order valence-electron chi connectivity index (χ3n) is 3.31. The fourth-order valence-corrected chi connectivity index (χ4v) is 2.80. The quantitative estimate of drug-likeness (QED) is 0.775. The van der Waals surface area contributed by atoms with Gasteiger partial charge >= 0.3 is 0 Å². The highest BCUT2D eigenvalue weighted by Gasteiger charge is 2.05. The summed E-state index contributed by atoms with van der Waals surface area (Å²) in [6.45, 7) is 4.05. The lowest BCUT2D eigenvalue weighted by atomic mass is 10.1. The van der Waals surface area contributed by atoms with Gasteiger partial charge in [0.25, 0.3) is 5.91 Å². The Balaban J connectivity index is 1.91. The van der Waals surface area contributed by atoms with E-state index < -0.39 is 0 Å². The van der Waals surface area contributed by atoms with E-state index in [1.165, 1.54) is 0 Å². The van der Waals surface area contributed by atoms with Crippen molar-refractivity contribution in [2.75, 3.05) is 6.54 Å². The molecule has 23 heavy (non-hydrogen) atoms. The summed E-state index contributed by atoms with van der Waals surface area (Å²) >= 11 is 12.0. The van der Waals surface area contributed by atoms with Crippen molar-refractivity contribution in [2.45, 2.75) is 26.4 Å². The minimum atomic E-state index is -0.0321. The van der Waals surface area contributed by atoms with Crippen LogP contribution in [-0.4, -0.2) is 12.5 Å². The lowest BCUT2D eigenvalue weighted by Gasteiger charge is -2.08. The Hall–Kier alpha value is -1.55. The number of nitrogens with one attached hydrogen (secondary N) is 2. The van der Waals surface area contributed by atoms with Gasteiger partial charge in [0.15, 0.2) is 0 Å². The molecule has 0 aliphatic carbocycles. The zero-order chi connectivity index (χ0) is 16.7. The monoisotopic (exact) mass is 350 g/mol. The van der Waals surface area contributed by atoms with Gasteiger partial charge in [-0.05, 0) is 47.9 Å². The van der Waals surface area contributed by atoms with Gasteiger partial charge in [-0.15, -0.1) is 0 Å². The van der Waals surface area contributed by atoms with E-state index in [2.05, 4.69) is 10.6 Å². The molecule has 2 aromatic rings. The first-order valence-electron chi connectivity index (χ1n) is 7.61. The van der Waals surface area contributed by atoms with Crippen LogP contribution in [0.5, 0.6) is 0 Å². The minimum Gasteiger partial charge on any atom is -0.352 e. The number of hydrogen-bond donors (Lipinski definition) is 2. The Kier molecular flexibility index (Phi) is 6.90. The highest BCUT2D eigenvalue weighted by molar-refractivity contribution is 6.34. The standard InChI is InChI=1S/C18H20Cl2N2O/c1-2-6-22-18(23)15-5-3-4-13(7-15)11-21-12-14-8-16(19)10-17(20)9-14/h3-5,7-10,21H,2,6,11-12H2,1H3,(H,22,23). The topological polar surface area (TPSA) is 41.1 Å². The molecule has 2 aromatic carbocycles. The van der Waals surface area contributed by atoms with E-state index in [9.17, 15) is 4.79 Å². The third-order valence-corrected chi connectivity index (χ3v) is 3.74. The molecule has 0 aliphatic rings. The van der Waals surface area contributed by atoms with E-state index in [1.54, 1.807) is 6.07 Å². The summed E-state index contributed by atoms with van der Waals surface area (Å²) in [5.74, 6) is -0.0321. The Morgan fingerprint density at radius 1 is 1.00 bits per heavy atom. The van der Waals surface area contributed by atoms with Gasteiger partial charge in [0, 0.05) is 35.2 Å². The largest absolute Gasteiger partial charge is 0.352 e. The molecule has 3 nitrogen and oxygen atoms in total. The van der Waals surface area contributed by atoms with Crippen LogP contribution in [-0.2, 0) is 13.1 Å². The van der Waals surface area contributed by atoms with Crippen molar-refractivity contribution in [1.29, 1.82) is 0 Å². The van der Waals surface area contributed by atoms with Crippen molar-refractivity contribution in [3.8, 4) is 0 Å². The van der Waals surface area contributed by atoms with Gasteiger partial charge < -0.3 is 10.6 Å². The summed E-state index contributed by atoms with van der Waals surface area (Å²) in [4.78, 5) is 12.0. The van der Waals surface area contributed by atoms with Gasteiger partial charge in [0.05, 0.1) is 0 Å². The Morgan fingerprint density at radius 2 is 1.70 bits per heavy atom. The van der Waals surface area contributed by atoms with Gasteiger partial charge in [0.2, 0.25) is 0 Å². The molecule has 0 radical (unpaired) electrons. The average Bonchev–Trinajstić information content (AvgIpc) is 2.52. The second-order valence-corrected chi connectivity index (χ2v) is 6.21. The third kappa shape index (κ3) is 5.87. The van der Waals surface area contributed by atoms with Crippen molar-refractivity contribution in [3.05, 3.63) is 69.2 Å². The molecule has 2 N–H and O–H groups in total. The van der Waals surface area contributed by atoms with E-state index in [4.69, 9.17) is 23.2 Å². The van der Waals surface area contributed by atoms with Crippen molar-refractivity contribution < 1.29 is 4.79 Å². The van der Waals surface area contributed by atoms with E-state index in [0.717, 1.165) is 17.5 Å². The molecule has 0 saturated heterocycles. The molecule has 122 valence electrons. The zero-order valence-corrected chi connectivity index (χ0v) is 14.5. The van der Waals surface area contributed by atoms with E-state index in [-0.39, 0.29) is 5.91 Å². The minimum absolute atomic E-state index is 0.0321. The van der Waals surface area contributed by atoms with E-state index in [1.807, 2.05) is 43.3 Å². The summed E-state index contributed by atoms with van der Waals surface area (Å²) < 4.78 is 0. The van der Waals surface area contributed by atoms with Gasteiger partial charge in [-0.3, -0.25) is 4.79 Å². The first-order chi connectivity index (χ1) is 11.1. The molecule has 1 amide bonds. The van der Waals surface area contributed by atoms with Crippen molar-refractivity contribution in [1.82, 2.24) is 10.6 Å². The predicted molar refractivity (Wildman–Crippen MR) is 96.1 cm³/mol. The van der Waals surface area contributed by atoms with Crippen LogP contribution >= 0.6 is 23.2 Å². The highest BCUT2D eigenvalue weighted by Crippen LogP contribution is 2.19.